The van der Waals surface area contributed by atoms with Gasteiger partial charge in [0.25, 0.3) is 0 Å². The van der Waals surface area contributed by atoms with Crippen LogP contribution in [0.4, 0.5) is 0 Å². The summed E-state index contributed by atoms with van der Waals surface area (Å²) in [7, 11) is 0. The van der Waals surface area contributed by atoms with Crippen molar-refractivity contribution in [3.8, 4) is 0 Å². The number of hydrogen-bond donors (Lipinski definition) is 2. The number of nitrogens with one attached hydrogen (secondary N) is 2. The second-order valence-electron chi connectivity index (χ2n) is 6.74. The summed E-state index contributed by atoms with van der Waals surface area (Å²) >= 11 is 0. The van der Waals surface area contributed by atoms with Crippen LogP contribution in [0.2, 0.25) is 0 Å². The van der Waals surface area contributed by atoms with E-state index in [1.807, 2.05) is 12.2 Å². The summed E-state index contributed by atoms with van der Waals surface area (Å²) in [6.07, 6.45) is 5.05. The van der Waals surface area contributed by atoms with Crippen molar-refractivity contribution in [2.24, 2.45) is 0 Å². The molecular weight excluding hydrogens is 308 g/mol. The molecule has 0 aromatic carbocycles. The van der Waals surface area contributed by atoms with Crippen molar-refractivity contribution in [3.63, 3.8) is 0 Å². The molecule has 3 aromatic heterocycles. The molecule has 1 unspecified atom stereocenters. The highest BCUT2D eigenvalue weighted by molar-refractivity contribution is 5.73. The first-order chi connectivity index (χ1) is 12.2. The molecular formula is C21H18N4. The molecule has 2 N–H and O–H groups in total. The predicted octanol–water partition coefficient (Wildman–Crippen LogP) is 4.83. The van der Waals surface area contributed by atoms with Crippen LogP contribution in [-0.4, -0.2) is 19.9 Å². The summed E-state index contributed by atoms with van der Waals surface area (Å²) in [4.78, 5) is 16.3. The van der Waals surface area contributed by atoms with Gasteiger partial charge in [0.1, 0.15) is 0 Å². The first-order valence-corrected chi connectivity index (χ1v) is 8.56. The molecule has 5 rings (SSSR count). The third-order valence-corrected chi connectivity index (χ3v) is 4.67. The molecule has 5 heterocycles. The fraction of sp³-hybridized carbons (Fsp3) is 0.143. The van der Waals surface area contributed by atoms with Gasteiger partial charge in [-0.15, -0.1) is 0 Å². The molecule has 0 spiro atoms. The summed E-state index contributed by atoms with van der Waals surface area (Å²) in [6, 6.07) is 16.7. The SMILES string of the molecule is CC1Cc2cc3ccc(cc4ccc(cc5nc(cc1n2)C=C5)[nH]4)[nH]3. The van der Waals surface area contributed by atoms with Crippen molar-refractivity contribution in [1.82, 2.24) is 19.9 Å². The molecule has 0 radical (unpaired) electrons. The number of fused-ring (bicyclic) bond motifs is 8. The highest BCUT2D eigenvalue weighted by Gasteiger charge is 2.15. The second kappa shape index (κ2) is 5.45. The number of aromatic nitrogens is 4. The fourth-order valence-electron chi connectivity index (χ4n) is 3.41. The molecule has 122 valence electrons. The predicted molar refractivity (Wildman–Crippen MR) is 102 cm³/mol. The van der Waals surface area contributed by atoms with Crippen LogP contribution in [0.25, 0.3) is 34.2 Å². The third kappa shape index (κ3) is 2.76. The van der Waals surface area contributed by atoms with Gasteiger partial charge in [-0.25, -0.2) is 4.98 Å². The van der Waals surface area contributed by atoms with Crippen LogP contribution in [0.1, 0.15) is 35.6 Å². The minimum Gasteiger partial charge on any atom is -0.355 e. The lowest BCUT2D eigenvalue weighted by molar-refractivity contribution is 0.795. The number of aromatic amines is 2. The topological polar surface area (TPSA) is 57.4 Å². The molecule has 0 fully saturated rings. The van der Waals surface area contributed by atoms with Crippen LogP contribution in [-0.2, 0) is 6.42 Å². The monoisotopic (exact) mass is 326 g/mol. The van der Waals surface area contributed by atoms with Gasteiger partial charge in [0.2, 0.25) is 0 Å². The van der Waals surface area contributed by atoms with E-state index < -0.39 is 0 Å². The molecule has 8 bridgehead atoms. The van der Waals surface area contributed by atoms with Crippen LogP contribution >= 0.6 is 0 Å². The van der Waals surface area contributed by atoms with Gasteiger partial charge < -0.3 is 9.97 Å². The van der Waals surface area contributed by atoms with Gasteiger partial charge in [0.05, 0.1) is 11.4 Å². The van der Waals surface area contributed by atoms with Crippen molar-refractivity contribution in [1.29, 1.82) is 0 Å². The van der Waals surface area contributed by atoms with Crippen LogP contribution in [0.3, 0.4) is 0 Å². The lowest BCUT2D eigenvalue weighted by Gasteiger charge is -1.97. The number of nitrogens with zero attached hydrogens (tertiary/aromatic N) is 2. The Morgan fingerprint density at radius 3 is 2.08 bits per heavy atom. The third-order valence-electron chi connectivity index (χ3n) is 4.67. The molecule has 0 aliphatic carbocycles. The zero-order chi connectivity index (χ0) is 16.8. The maximum atomic E-state index is 4.81. The van der Waals surface area contributed by atoms with Gasteiger partial charge >= 0.3 is 0 Å². The smallest absolute Gasteiger partial charge is 0.0658 e. The lowest BCUT2D eigenvalue weighted by atomic mass is 10.1. The summed E-state index contributed by atoms with van der Waals surface area (Å²) in [5.41, 5.74) is 8.39. The molecule has 0 amide bonds. The van der Waals surface area contributed by atoms with E-state index in [1.54, 1.807) is 0 Å². The van der Waals surface area contributed by atoms with Crippen molar-refractivity contribution >= 4 is 34.2 Å². The number of H-pyrrole nitrogens is 2. The number of hydrogen-bond acceptors (Lipinski definition) is 2. The second-order valence-corrected chi connectivity index (χ2v) is 6.74. The van der Waals surface area contributed by atoms with Crippen molar-refractivity contribution < 1.29 is 0 Å². The Labute approximate surface area is 145 Å². The highest BCUT2D eigenvalue weighted by Crippen LogP contribution is 2.24. The van der Waals surface area contributed by atoms with E-state index in [1.165, 1.54) is 0 Å². The largest absolute Gasteiger partial charge is 0.355 e. The van der Waals surface area contributed by atoms with E-state index in [0.717, 1.165) is 51.3 Å². The van der Waals surface area contributed by atoms with E-state index in [0.29, 0.717) is 5.92 Å². The van der Waals surface area contributed by atoms with Gasteiger partial charge in [-0.1, -0.05) is 6.92 Å². The average Bonchev–Trinajstić information content (AvgIpc) is 3.33. The lowest BCUT2D eigenvalue weighted by Crippen LogP contribution is -1.88. The summed E-state index contributed by atoms with van der Waals surface area (Å²) in [5.74, 6) is 0.414. The Hall–Kier alpha value is -3.14. The van der Waals surface area contributed by atoms with Gasteiger partial charge in [-0.05, 0) is 67.1 Å². The van der Waals surface area contributed by atoms with Crippen molar-refractivity contribution in [2.75, 3.05) is 0 Å². The average molecular weight is 326 g/mol. The summed E-state index contributed by atoms with van der Waals surface area (Å²) in [5, 5.41) is 0. The molecule has 25 heavy (non-hydrogen) atoms. The first kappa shape index (κ1) is 14.2. The van der Waals surface area contributed by atoms with Crippen LogP contribution < -0.4 is 0 Å². The van der Waals surface area contributed by atoms with Gasteiger partial charge in [0, 0.05) is 39.4 Å². The number of rotatable bonds is 0. The Balaban J connectivity index is 1.84. The van der Waals surface area contributed by atoms with E-state index in [2.05, 4.69) is 70.4 Å². The van der Waals surface area contributed by atoms with Crippen molar-refractivity contribution in [3.05, 3.63) is 71.3 Å². The molecule has 2 aliphatic rings. The molecule has 4 heteroatoms. The molecule has 0 saturated heterocycles. The molecule has 1 atom stereocenters. The van der Waals surface area contributed by atoms with Crippen LogP contribution in [0, 0.1) is 0 Å². The van der Waals surface area contributed by atoms with Crippen molar-refractivity contribution in [2.45, 2.75) is 19.3 Å². The van der Waals surface area contributed by atoms with E-state index in [-0.39, 0.29) is 0 Å². The van der Waals surface area contributed by atoms with Crippen LogP contribution in [0.5, 0.6) is 0 Å². The van der Waals surface area contributed by atoms with E-state index in [4.69, 9.17) is 4.98 Å². The van der Waals surface area contributed by atoms with Gasteiger partial charge in [0.15, 0.2) is 0 Å². The maximum absolute atomic E-state index is 4.81. The maximum Gasteiger partial charge on any atom is 0.0658 e. The fourth-order valence-corrected chi connectivity index (χ4v) is 3.41. The molecule has 3 aromatic rings. The zero-order valence-corrected chi connectivity index (χ0v) is 14.0. The Morgan fingerprint density at radius 2 is 1.36 bits per heavy atom. The first-order valence-electron chi connectivity index (χ1n) is 8.56. The Morgan fingerprint density at radius 1 is 0.760 bits per heavy atom. The summed E-state index contributed by atoms with van der Waals surface area (Å²) < 4.78 is 0. The normalized spacial score (nSPS) is 16.3. The minimum absolute atomic E-state index is 0.414. The minimum atomic E-state index is 0.414. The van der Waals surface area contributed by atoms with Crippen LogP contribution in [0.15, 0.2) is 48.5 Å². The molecule has 4 nitrogen and oxygen atoms in total. The molecule has 2 aliphatic heterocycles. The molecule has 0 saturated carbocycles. The van der Waals surface area contributed by atoms with E-state index >= 15 is 0 Å². The van der Waals surface area contributed by atoms with E-state index in [9.17, 15) is 0 Å². The van der Waals surface area contributed by atoms with Gasteiger partial charge in [-0.2, -0.15) is 0 Å². The highest BCUT2D eigenvalue weighted by atomic mass is 14.8. The summed E-state index contributed by atoms with van der Waals surface area (Å²) in [6.45, 7) is 2.22. The standard InChI is InChI=1S/C21H18N4/c1-13-8-20-11-18-5-4-16(23-18)9-14-2-3-15(22-14)10-17-6-7-19(24-17)12-21(13)25-20/h2-7,9-13,22-23H,8H2,1H3. The quantitative estimate of drug-likeness (QED) is 0.486. The van der Waals surface area contributed by atoms with Gasteiger partial charge in [-0.3, -0.25) is 4.98 Å². The Bertz CT molecular complexity index is 1150. The Kier molecular flexibility index (Phi) is 3.10. The zero-order valence-electron chi connectivity index (χ0n) is 14.0.